The van der Waals surface area contributed by atoms with Crippen LogP contribution < -0.4 is 4.74 Å². The van der Waals surface area contributed by atoms with E-state index in [2.05, 4.69) is 6.92 Å². The summed E-state index contributed by atoms with van der Waals surface area (Å²) in [5, 5.41) is 0.400. The molecule has 2 rings (SSSR count). The number of hydrogen-bond donors (Lipinski definition) is 0. The van der Waals surface area contributed by atoms with E-state index in [1.54, 1.807) is 23.1 Å². The van der Waals surface area contributed by atoms with Crippen LogP contribution in [0.5, 0.6) is 5.75 Å². The molecular formula is C15H18ClNO3. The van der Waals surface area contributed by atoms with Crippen LogP contribution >= 0.6 is 11.6 Å². The molecule has 1 unspecified atom stereocenters. The largest absolute Gasteiger partial charge is 0.495 e. The first-order valence-corrected chi connectivity index (χ1v) is 7.07. The highest BCUT2D eigenvalue weighted by atomic mass is 35.5. The van der Waals surface area contributed by atoms with Gasteiger partial charge in [-0.25, -0.2) is 0 Å². The highest BCUT2D eigenvalue weighted by Gasteiger charge is 2.29. The van der Waals surface area contributed by atoms with Crippen molar-refractivity contribution in [2.45, 2.75) is 19.8 Å². The standard InChI is InChI=1S/C15H18ClNO3/c1-3-10-6-15(19)17(8-10)9-13(18)11-4-5-14(20-2)12(16)7-11/h4-5,7,10H,3,6,8-9H2,1-2H3. The normalized spacial score (nSPS) is 18.4. The minimum absolute atomic E-state index is 0.0600. The van der Waals surface area contributed by atoms with Crippen LogP contribution in [0.15, 0.2) is 18.2 Å². The van der Waals surface area contributed by atoms with E-state index in [0.717, 1.165) is 6.42 Å². The predicted octanol–water partition coefficient (Wildman–Crippen LogP) is 2.79. The van der Waals surface area contributed by atoms with Crippen molar-refractivity contribution in [1.29, 1.82) is 0 Å². The quantitative estimate of drug-likeness (QED) is 0.785. The smallest absolute Gasteiger partial charge is 0.223 e. The summed E-state index contributed by atoms with van der Waals surface area (Å²) in [7, 11) is 1.52. The van der Waals surface area contributed by atoms with Crippen molar-refractivity contribution in [2.75, 3.05) is 20.2 Å². The van der Waals surface area contributed by atoms with E-state index in [9.17, 15) is 9.59 Å². The van der Waals surface area contributed by atoms with Gasteiger partial charge in [0.15, 0.2) is 5.78 Å². The van der Waals surface area contributed by atoms with Gasteiger partial charge in [0.25, 0.3) is 0 Å². The number of ether oxygens (including phenoxy) is 1. The van der Waals surface area contributed by atoms with Gasteiger partial charge in [-0.2, -0.15) is 0 Å². The molecular weight excluding hydrogens is 278 g/mol. The summed E-state index contributed by atoms with van der Waals surface area (Å²) in [6.45, 7) is 2.86. The Morgan fingerprint density at radius 3 is 2.80 bits per heavy atom. The average Bonchev–Trinajstić information content (AvgIpc) is 2.79. The molecule has 0 spiro atoms. The SMILES string of the molecule is CCC1CC(=O)N(CC(=O)c2ccc(OC)c(Cl)c2)C1. The van der Waals surface area contributed by atoms with Crippen LogP contribution in [0.2, 0.25) is 5.02 Å². The molecule has 20 heavy (non-hydrogen) atoms. The molecule has 108 valence electrons. The van der Waals surface area contributed by atoms with Crippen LogP contribution in [0.25, 0.3) is 0 Å². The summed E-state index contributed by atoms with van der Waals surface area (Å²) in [4.78, 5) is 25.6. The van der Waals surface area contributed by atoms with Crippen molar-refractivity contribution < 1.29 is 14.3 Å². The molecule has 5 heteroatoms. The Balaban J connectivity index is 2.05. The number of Topliss-reactive ketones (excluding diaryl/α,β-unsaturated/α-hetero) is 1. The number of benzene rings is 1. The molecule has 1 fully saturated rings. The van der Waals surface area contributed by atoms with Crippen LogP contribution in [0.1, 0.15) is 30.1 Å². The number of methoxy groups -OCH3 is 1. The molecule has 0 saturated carbocycles. The molecule has 1 saturated heterocycles. The summed E-state index contributed by atoms with van der Waals surface area (Å²) < 4.78 is 5.05. The molecule has 0 bridgehead atoms. The topological polar surface area (TPSA) is 46.6 Å². The third-order valence-corrected chi connectivity index (χ3v) is 3.98. The van der Waals surface area contributed by atoms with Crippen LogP contribution in [0.4, 0.5) is 0 Å². The number of nitrogens with zero attached hydrogens (tertiary/aromatic N) is 1. The van der Waals surface area contributed by atoms with Gasteiger partial charge in [0.2, 0.25) is 5.91 Å². The molecule has 1 aromatic carbocycles. The molecule has 1 heterocycles. The second kappa shape index (κ2) is 6.27. The monoisotopic (exact) mass is 295 g/mol. The van der Waals surface area contributed by atoms with Gasteiger partial charge >= 0.3 is 0 Å². The van der Waals surface area contributed by atoms with Crippen molar-refractivity contribution >= 4 is 23.3 Å². The summed E-state index contributed by atoms with van der Waals surface area (Å²) in [5.41, 5.74) is 0.503. The van der Waals surface area contributed by atoms with Gasteiger partial charge in [-0.15, -0.1) is 0 Å². The Morgan fingerprint density at radius 2 is 2.25 bits per heavy atom. The summed E-state index contributed by atoms with van der Waals surface area (Å²) in [5.74, 6) is 0.866. The van der Waals surface area contributed by atoms with E-state index in [4.69, 9.17) is 16.3 Å². The number of amides is 1. The Hall–Kier alpha value is -1.55. The van der Waals surface area contributed by atoms with Gasteiger partial charge in [0.1, 0.15) is 5.75 Å². The molecule has 0 N–H and O–H groups in total. The predicted molar refractivity (Wildman–Crippen MR) is 77.3 cm³/mol. The number of rotatable bonds is 5. The zero-order valence-corrected chi connectivity index (χ0v) is 12.4. The van der Waals surface area contributed by atoms with Gasteiger partial charge in [-0.1, -0.05) is 24.9 Å². The highest BCUT2D eigenvalue weighted by molar-refractivity contribution is 6.32. The maximum atomic E-state index is 12.2. The molecule has 1 amide bonds. The van der Waals surface area contributed by atoms with Gasteiger partial charge in [-0.05, 0) is 24.1 Å². The third-order valence-electron chi connectivity index (χ3n) is 3.68. The zero-order chi connectivity index (χ0) is 14.7. The Morgan fingerprint density at radius 1 is 1.50 bits per heavy atom. The van der Waals surface area contributed by atoms with Crippen molar-refractivity contribution in [3.8, 4) is 5.75 Å². The summed E-state index contributed by atoms with van der Waals surface area (Å²) in [6.07, 6.45) is 1.51. The van der Waals surface area contributed by atoms with Crippen molar-refractivity contribution in [3.05, 3.63) is 28.8 Å². The second-order valence-electron chi connectivity index (χ2n) is 5.03. The van der Waals surface area contributed by atoms with E-state index >= 15 is 0 Å². The minimum atomic E-state index is -0.0975. The first kappa shape index (κ1) is 14.9. The molecule has 1 aliphatic heterocycles. The molecule has 0 radical (unpaired) electrons. The number of ketones is 1. The fourth-order valence-corrected chi connectivity index (χ4v) is 2.64. The molecule has 1 aliphatic rings. The van der Waals surface area contributed by atoms with Crippen LogP contribution in [0, 0.1) is 5.92 Å². The zero-order valence-electron chi connectivity index (χ0n) is 11.7. The minimum Gasteiger partial charge on any atom is -0.495 e. The average molecular weight is 296 g/mol. The highest BCUT2D eigenvalue weighted by Crippen LogP contribution is 2.26. The lowest BCUT2D eigenvalue weighted by atomic mass is 10.1. The van der Waals surface area contributed by atoms with Gasteiger partial charge < -0.3 is 9.64 Å². The number of carbonyl (C=O) groups excluding carboxylic acids is 2. The third kappa shape index (κ3) is 3.12. The van der Waals surface area contributed by atoms with E-state index in [-0.39, 0.29) is 18.2 Å². The van der Waals surface area contributed by atoms with E-state index < -0.39 is 0 Å². The van der Waals surface area contributed by atoms with E-state index in [0.29, 0.717) is 35.2 Å². The first-order valence-electron chi connectivity index (χ1n) is 6.69. The van der Waals surface area contributed by atoms with Crippen molar-refractivity contribution in [2.24, 2.45) is 5.92 Å². The summed E-state index contributed by atoms with van der Waals surface area (Å²) >= 11 is 6.01. The van der Waals surface area contributed by atoms with Gasteiger partial charge in [0.05, 0.1) is 18.7 Å². The van der Waals surface area contributed by atoms with Crippen LogP contribution in [-0.2, 0) is 4.79 Å². The summed E-state index contributed by atoms with van der Waals surface area (Å²) in [6, 6.07) is 4.92. The maximum Gasteiger partial charge on any atom is 0.223 e. The molecule has 0 aliphatic carbocycles. The fourth-order valence-electron chi connectivity index (χ4n) is 2.38. The lowest BCUT2D eigenvalue weighted by molar-refractivity contribution is -0.127. The van der Waals surface area contributed by atoms with Gasteiger partial charge in [-0.3, -0.25) is 9.59 Å². The van der Waals surface area contributed by atoms with Gasteiger partial charge in [0, 0.05) is 18.5 Å². The lowest BCUT2D eigenvalue weighted by Gasteiger charge is -2.15. The van der Waals surface area contributed by atoms with Crippen LogP contribution in [0.3, 0.4) is 0 Å². The molecule has 1 atom stereocenters. The second-order valence-corrected chi connectivity index (χ2v) is 5.43. The van der Waals surface area contributed by atoms with Crippen LogP contribution in [-0.4, -0.2) is 36.8 Å². The fraction of sp³-hybridized carbons (Fsp3) is 0.467. The van der Waals surface area contributed by atoms with E-state index in [1.165, 1.54) is 7.11 Å². The molecule has 4 nitrogen and oxygen atoms in total. The number of carbonyl (C=O) groups is 2. The molecule has 0 aromatic heterocycles. The lowest BCUT2D eigenvalue weighted by Crippen LogP contribution is -2.31. The number of likely N-dealkylation sites (tertiary alicyclic amines) is 1. The Labute approximate surface area is 123 Å². The number of hydrogen-bond acceptors (Lipinski definition) is 3. The van der Waals surface area contributed by atoms with E-state index in [1.807, 2.05) is 0 Å². The number of halogens is 1. The van der Waals surface area contributed by atoms with Crippen molar-refractivity contribution in [3.63, 3.8) is 0 Å². The first-order chi connectivity index (χ1) is 9.55. The maximum absolute atomic E-state index is 12.2. The van der Waals surface area contributed by atoms with Crippen molar-refractivity contribution in [1.82, 2.24) is 4.90 Å². The Bertz CT molecular complexity index is 530. The molecule has 1 aromatic rings. The Kier molecular flexibility index (Phi) is 4.65.